The molecule has 0 aromatic rings. The Morgan fingerprint density at radius 3 is 2.54 bits per heavy atom. The highest BCUT2D eigenvalue weighted by molar-refractivity contribution is 6.74. The third kappa shape index (κ3) is 2.98. The number of allylic oxidation sites excluding steroid dienone is 1. The van der Waals surface area contributed by atoms with Gasteiger partial charge in [0, 0.05) is 6.42 Å². The molecule has 0 radical (unpaired) electrons. The van der Waals surface area contributed by atoms with Gasteiger partial charge in [0.1, 0.15) is 5.78 Å². The zero-order chi connectivity index (χ0) is 19.2. The van der Waals surface area contributed by atoms with Crippen LogP contribution in [0.15, 0.2) is 11.6 Å². The van der Waals surface area contributed by atoms with Gasteiger partial charge in [-0.25, -0.2) is 0 Å². The number of unbranched alkanes of at least 4 members (excludes halogenated alkanes) is 3. The molecule has 2 nitrogen and oxygen atoms in total. The van der Waals surface area contributed by atoms with Crippen molar-refractivity contribution in [3.63, 3.8) is 0 Å². The minimum atomic E-state index is -1.91. The fourth-order valence-corrected chi connectivity index (χ4v) is 7.08. The normalized spacial score (nSPS) is 34.2. The van der Waals surface area contributed by atoms with Crippen LogP contribution in [0.4, 0.5) is 0 Å². The molecule has 3 aliphatic rings. The first-order valence-corrected chi connectivity index (χ1v) is 14.0. The van der Waals surface area contributed by atoms with E-state index in [0.717, 1.165) is 6.42 Å². The maximum absolute atomic E-state index is 13.0. The number of ketones is 1. The van der Waals surface area contributed by atoms with Crippen LogP contribution in [0.1, 0.15) is 91.9 Å². The summed E-state index contributed by atoms with van der Waals surface area (Å²) < 4.78 is 7.08. The molecule has 0 aromatic heterocycles. The number of hydrogen-bond donors (Lipinski definition) is 0. The van der Waals surface area contributed by atoms with Crippen molar-refractivity contribution in [3.05, 3.63) is 11.6 Å². The lowest BCUT2D eigenvalue weighted by atomic mass is 9.49. The van der Waals surface area contributed by atoms with Crippen molar-refractivity contribution in [2.24, 2.45) is 11.3 Å². The predicted molar refractivity (Wildman–Crippen MR) is 112 cm³/mol. The molecule has 0 aromatic carbocycles. The highest BCUT2D eigenvalue weighted by atomic mass is 28.4. The Kier molecular flexibility index (Phi) is 5.38. The fourth-order valence-electron chi connectivity index (χ4n) is 5.55. The fraction of sp³-hybridized carbons (Fsp3) is 0.870. The molecule has 0 aliphatic heterocycles. The Balaban J connectivity index is 1.89. The lowest BCUT2D eigenvalue weighted by molar-refractivity contribution is -0.176. The molecule has 3 aliphatic carbocycles. The first-order valence-electron chi connectivity index (χ1n) is 11.0. The van der Waals surface area contributed by atoms with Gasteiger partial charge in [-0.15, -0.1) is 0 Å². The zero-order valence-corrected chi connectivity index (χ0v) is 19.0. The van der Waals surface area contributed by atoms with E-state index in [1.54, 1.807) is 5.57 Å². The third-order valence-corrected chi connectivity index (χ3v) is 12.5. The number of carbonyl (C=O) groups excluding carboxylic acids is 1. The van der Waals surface area contributed by atoms with Crippen LogP contribution < -0.4 is 0 Å². The van der Waals surface area contributed by atoms with Gasteiger partial charge in [0.2, 0.25) is 0 Å². The molecular formula is C23H40O2Si. The summed E-state index contributed by atoms with van der Waals surface area (Å²) in [4.78, 5) is 13.0. The van der Waals surface area contributed by atoms with Crippen LogP contribution in [0.5, 0.6) is 0 Å². The summed E-state index contributed by atoms with van der Waals surface area (Å²) in [7, 11) is -1.91. The lowest BCUT2D eigenvalue weighted by Crippen LogP contribution is -2.69. The van der Waals surface area contributed by atoms with E-state index in [-0.39, 0.29) is 16.1 Å². The predicted octanol–water partition coefficient (Wildman–Crippen LogP) is 6.81. The second-order valence-electron chi connectivity index (χ2n) is 10.7. The summed E-state index contributed by atoms with van der Waals surface area (Å²) in [5.41, 5.74) is 1.12. The van der Waals surface area contributed by atoms with Crippen LogP contribution in [0.3, 0.4) is 0 Å². The Labute approximate surface area is 162 Å². The number of carbonyl (C=O) groups is 1. The molecule has 0 unspecified atom stereocenters. The van der Waals surface area contributed by atoms with E-state index < -0.39 is 8.32 Å². The highest BCUT2D eigenvalue weighted by Gasteiger charge is 2.73. The highest BCUT2D eigenvalue weighted by Crippen LogP contribution is 2.68. The molecule has 3 rings (SSSR count). The van der Waals surface area contributed by atoms with Crippen LogP contribution in [0.2, 0.25) is 18.1 Å². The summed E-state index contributed by atoms with van der Waals surface area (Å²) in [6, 6.07) is 0. The van der Waals surface area contributed by atoms with E-state index in [4.69, 9.17) is 4.43 Å². The molecule has 3 atom stereocenters. The topological polar surface area (TPSA) is 26.3 Å². The van der Waals surface area contributed by atoms with E-state index in [2.05, 4.69) is 46.9 Å². The molecule has 0 N–H and O–H groups in total. The monoisotopic (exact) mass is 376 g/mol. The van der Waals surface area contributed by atoms with E-state index in [1.807, 2.05) is 0 Å². The summed E-state index contributed by atoms with van der Waals surface area (Å²) in [6.45, 7) is 13.9. The second kappa shape index (κ2) is 6.88. The van der Waals surface area contributed by atoms with Crippen molar-refractivity contribution in [1.29, 1.82) is 0 Å². The van der Waals surface area contributed by atoms with Crippen LogP contribution in [0, 0.1) is 11.3 Å². The third-order valence-electron chi connectivity index (χ3n) is 8.01. The number of rotatable bonds is 7. The minimum Gasteiger partial charge on any atom is -0.406 e. The first kappa shape index (κ1) is 20.3. The van der Waals surface area contributed by atoms with Gasteiger partial charge in [-0.3, -0.25) is 4.79 Å². The molecule has 148 valence electrons. The molecule has 26 heavy (non-hydrogen) atoms. The van der Waals surface area contributed by atoms with E-state index in [1.165, 1.54) is 51.4 Å². The first-order chi connectivity index (χ1) is 12.1. The lowest BCUT2D eigenvalue weighted by Gasteiger charge is -2.60. The minimum absolute atomic E-state index is 0.184. The van der Waals surface area contributed by atoms with Crippen molar-refractivity contribution in [2.75, 3.05) is 0 Å². The number of Topliss-reactive ketones (excluding diaryl/α,β-unsaturated/α-hetero) is 1. The van der Waals surface area contributed by atoms with Crippen molar-refractivity contribution < 1.29 is 9.22 Å². The van der Waals surface area contributed by atoms with Gasteiger partial charge in [0.15, 0.2) is 8.32 Å². The van der Waals surface area contributed by atoms with E-state index in [0.29, 0.717) is 18.1 Å². The summed E-state index contributed by atoms with van der Waals surface area (Å²) >= 11 is 0. The quantitative estimate of drug-likeness (QED) is 0.277. The maximum Gasteiger partial charge on any atom is 0.193 e. The average molecular weight is 377 g/mol. The number of hydrogen-bond acceptors (Lipinski definition) is 2. The van der Waals surface area contributed by atoms with Crippen molar-refractivity contribution in [2.45, 2.75) is 116 Å². The van der Waals surface area contributed by atoms with Gasteiger partial charge in [0.25, 0.3) is 0 Å². The van der Waals surface area contributed by atoms with Crippen molar-refractivity contribution in [3.8, 4) is 0 Å². The van der Waals surface area contributed by atoms with Crippen LogP contribution in [-0.2, 0) is 9.22 Å². The summed E-state index contributed by atoms with van der Waals surface area (Å²) in [6.07, 6.45) is 14.2. The largest absolute Gasteiger partial charge is 0.406 e. The molecule has 3 heteroatoms. The molecule has 2 saturated carbocycles. The van der Waals surface area contributed by atoms with Crippen LogP contribution in [0.25, 0.3) is 0 Å². The molecular weight excluding hydrogens is 336 g/mol. The molecule has 0 bridgehead atoms. The molecule has 2 fully saturated rings. The smallest absolute Gasteiger partial charge is 0.193 e. The molecule has 0 amide bonds. The summed E-state index contributed by atoms with van der Waals surface area (Å²) in [5.74, 6) is 0.976. The van der Waals surface area contributed by atoms with Gasteiger partial charge in [-0.05, 0) is 49.7 Å². The van der Waals surface area contributed by atoms with Crippen LogP contribution in [-0.4, -0.2) is 19.7 Å². The SMILES string of the molecule is CCCCCCC1=C[C@@]2(O[Si](C)(C)C(C)(C)C)CC(=O)[C@]23CCCC[C@H]13. The van der Waals surface area contributed by atoms with Gasteiger partial charge in [-0.1, -0.05) is 71.4 Å². The van der Waals surface area contributed by atoms with Crippen molar-refractivity contribution >= 4 is 14.1 Å². The summed E-state index contributed by atoms with van der Waals surface area (Å²) in [5, 5.41) is 0.184. The van der Waals surface area contributed by atoms with Gasteiger partial charge in [-0.2, -0.15) is 0 Å². The van der Waals surface area contributed by atoms with E-state index >= 15 is 0 Å². The van der Waals surface area contributed by atoms with E-state index in [9.17, 15) is 4.79 Å². The zero-order valence-electron chi connectivity index (χ0n) is 18.0. The Morgan fingerprint density at radius 1 is 1.19 bits per heavy atom. The molecule has 1 spiro atoms. The second-order valence-corrected chi connectivity index (χ2v) is 15.4. The van der Waals surface area contributed by atoms with Crippen molar-refractivity contribution in [1.82, 2.24) is 0 Å². The standard InChI is InChI=1S/C23H40O2Si/c1-7-8-9-10-13-18-16-22(25-26(5,6)21(2,3)4)17-20(24)23(22)15-12-11-14-19(18)23/h16,19H,7-15,17H2,1-6H3/t19-,22-,23-/m1/s1. The Bertz CT molecular complexity index is 586. The van der Waals surface area contributed by atoms with Gasteiger partial charge < -0.3 is 4.43 Å². The van der Waals surface area contributed by atoms with Gasteiger partial charge >= 0.3 is 0 Å². The Hall–Kier alpha value is -0.413. The average Bonchev–Trinajstić information content (AvgIpc) is 2.76. The maximum atomic E-state index is 13.0. The molecule has 0 saturated heterocycles. The molecule has 0 heterocycles. The van der Waals surface area contributed by atoms with Gasteiger partial charge in [0.05, 0.1) is 11.0 Å². The Morgan fingerprint density at radius 2 is 1.92 bits per heavy atom. The van der Waals surface area contributed by atoms with Crippen LogP contribution >= 0.6 is 0 Å².